The predicted molar refractivity (Wildman–Crippen MR) is 66.4 cm³/mol. The Morgan fingerprint density at radius 2 is 2.18 bits per heavy atom. The summed E-state index contributed by atoms with van der Waals surface area (Å²) in [6, 6.07) is 6.12. The van der Waals surface area contributed by atoms with Gasteiger partial charge in [-0.1, -0.05) is 11.6 Å². The van der Waals surface area contributed by atoms with Crippen molar-refractivity contribution < 1.29 is 4.74 Å². The number of benzene rings is 1. The molecule has 0 bridgehead atoms. The average molecular weight is 247 g/mol. The summed E-state index contributed by atoms with van der Waals surface area (Å²) in [5, 5.41) is 0.506. The molecule has 1 aliphatic rings. The molecule has 86 valence electrons. The maximum Gasteiger partial charge on any atom is 0.135 e. The van der Waals surface area contributed by atoms with E-state index < -0.39 is 0 Å². The van der Waals surface area contributed by atoms with Crippen molar-refractivity contribution in [1.29, 1.82) is 0 Å². The van der Waals surface area contributed by atoms with Gasteiger partial charge in [0.1, 0.15) is 17.2 Å². The quantitative estimate of drug-likeness (QED) is 0.726. The number of fused-ring (bicyclic) bond motifs is 1. The molecule has 0 saturated heterocycles. The molecule has 0 amide bonds. The van der Waals surface area contributed by atoms with Gasteiger partial charge in [0.2, 0.25) is 0 Å². The highest BCUT2D eigenvalue weighted by Crippen LogP contribution is 2.31. The van der Waals surface area contributed by atoms with Crippen molar-refractivity contribution in [3.8, 4) is 17.0 Å². The van der Waals surface area contributed by atoms with Gasteiger partial charge in [-0.05, 0) is 30.7 Å². The lowest BCUT2D eigenvalue weighted by Gasteiger charge is -2.07. The molecule has 1 aromatic carbocycles. The first-order valence-corrected chi connectivity index (χ1v) is 5.86. The smallest absolute Gasteiger partial charge is 0.135 e. The minimum absolute atomic E-state index is 0.506. The molecule has 2 aromatic rings. The van der Waals surface area contributed by atoms with Gasteiger partial charge >= 0.3 is 0 Å². The maximum atomic E-state index is 6.01. The summed E-state index contributed by atoms with van der Waals surface area (Å²) in [5.41, 5.74) is 4.10. The highest BCUT2D eigenvalue weighted by atomic mass is 35.5. The van der Waals surface area contributed by atoms with Gasteiger partial charge in [0.05, 0.1) is 12.3 Å². The number of aromatic nitrogens is 2. The summed E-state index contributed by atoms with van der Waals surface area (Å²) < 4.78 is 5.48. The lowest BCUT2D eigenvalue weighted by molar-refractivity contribution is 0.357. The topological polar surface area (TPSA) is 35.0 Å². The highest BCUT2D eigenvalue weighted by molar-refractivity contribution is 6.30. The summed E-state index contributed by atoms with van der Waals surface area (Å²) in [4.78, 5) is 8.27. The normalized spacial score (nSPS) is 13.3. The van der Waals surface area contributed by atoms with Gasteiger partial charge in [0, 0.05) is 17.5 Å². The standard InChI is InChI=1S/C13H11ClN2O/c1-8-12(15-7-16-13(8)14)10-2-3-11-9(6-10)4-5-17-11/h2-3,6-7H,4-5H2,1H3. The molecule has 4 heteroatoms. The number of nitrogens with zero attached hydrogens (tertiary/aromatic N) is 2. The third-order valence-electron chi connectivity index (χ3n) is 2.99. The molecule has 0 aliphatic carbocycles. The summed E-state index contributed by atoms with van der Waals surface area (Å²) in [5.74, 6) is 0.978. The van der Waals surface area contributed by atoms with Gasteiger partial charge < -0.3 is 4.74 Å². The van der Waals surface area contributed by atoms with E-state index in [9.17, 15) is 0 Å². The van der Waals surface area contributed by atoms with Crippen LogP contribution in [0, 0.1) is 6.92 Å². The highest BCUT2D eigenvalue weighted by Gasteiger charge is 2.14. The van der Waals surface area contributed by atoms with Gasteiger partial charge in [-0.15, -0.1) is 0 Å². The molecule has 0 N–H and O–H groups in total. The van der Waals surface area contributed by atoms with Crippen molar-refractivity contribution in [2.75, 3.05) is 6.61 Å². The molecule has 1 aromatic heterocycles. The second-order valence-corrected chi connectivity index (χ2v) is 4.42. The Kier molecular flexibility index (Phi) is 2.48. The number of hydrogen-bond donors (Lipinski definition) is 0. The molecule has 0 unspecified atom stereocenters. The number of hydrogen-bond acceptors (Lipinski definition) is 3. The van der Waals surface area contributed by atoms with Crippen LogP contribution in [-0.4, -0.2) is 16.6 Å². The number of rotatable bonds is 1. The van der Waals surface area contributed by atoms with E-state index in [1.807, 2.05) is 19.1 Å². The fraction of sp³-hybridized carbons (Fsp3) is 0.231. The summed E-state index contributed by atoms with van der Waals surface area (Å²) >= 11 is 6.01. The van der Waals surface area contributed by atoms with E-state index in [0.717, 1.165) is 35.6 Å². The first-order valence-electron chi connectivity index (χ1n) is 5.49. The lowest BCUT2D eigenvalue weighted by Crippen LogP contribution is -1.92. The van der Waals surface area contributed by atoms with Crippen LogP contribution in [0.15, 0.2) is 24.5 Å². The van der Waals surface area contributed by atoms with Crippen LogP contribution in [0.5, 0.6) is 5.75 Å². The molecule has 2 heterocycles. The van der Waals surface area contributed by atoms with Crippen LogP contribution in [0.25, 0.3) is 11.3 Å². The van der Waals surface area contributed by atoms with Crippen LogP contribution >= 0.6 is 11.6 Å². The van der Waals surface area contributed by atoms with Crippen molar-refractivity contribution in [1.82, 2.24) is 9.97 Å². The van der Waals surface area contributed by atoms with Crippen molar-refractivity contribution >= 4 is 11.6 Å². The molecule has 17 heavy (non-hydrogen) atoms. The van der Waals surface area contributed by atoms with Crippen molar-refractivity contribution in [3.05, 3.63) is 40.8 Å². The van der Waals surface area contributed by atoms with Crippen molar-refractivity contribution in [2.45, 2.75) is 13.3 Å². The lowest BCUT2D eigenvalue weighted by atomic mass is 10.0. The second-order valence-electron chi connectivity index (χ2n) is 4.06. The Balaban J connectivity index is 2.13. The summed E-state index contributed by atoms with van der Waals surface area (Å²) in [6.45, 7) is 2.70. The third kappa shape index (κ3) is 1.76. The fourth-order valence-electron chi connectivity index (χ4n) is 2.05. The molecule has 3 nitrogen and oxygen atoms in total. The maximum absolute atomic E-state index is 6.01. The van der Waals surface area contributed by atoms with Crippen molar-refractivity contribution in [3.63, 3.8) is 0 Å². The van der Waals surface area contributed by atoms with E-state index in [-0.39, 0.29) is 0 Å². The predicted octanol–water partition coefficient (Wildman–Crippen LogP) is 3.04. The zero-order chi connectivity index (χ0) is 11.8. The average Bonchev–Trinajstić information content (AvgIpc) is 2.79. The molecule has 0 atom stereocenters. The van der Waals surface area contributed by atoms with E-state index >= 15 is 0 Å². The van der Waals surface area contributed by atoms with Gasteiger partial charge in [-0.2, -0.15) is 0 Å². The summed E-state index contributed by atoms with van der Waals surface area (Å²) in [7, 11) is 0. The molecular weight excluding hydrogens is 236 g/mol. The number of ether oxygens (including phenoxy) is 1. The van der Waals surface area contributed by atoms with Crippen LogP contribution in [0.2, 0.25) is 5.15 Å². The zero-order valence-corrected chi connectivity index (χ0v) is 10.2. The molecular formula is C13H11ClN2O. The van der Waals surface area contributed by atoms with Crippen LogP contribution in [0.1, 0.15) is 11.1 Å². The third-order valence-corrected chi connectivity index (χ3v) is 3.37. The molecule has 0 radical (unpaired) electrons. The minimum Gasteiger partial charge on any atom is -0.493 e. The molecule has 3 rings (SSSR count). The van der Waals surface area contributed by atoms with Gasteiger partial charge in [0.15, 0.2) is 0 Å². The Morgan fingerprint density at radius 1 is 1.29 bits per heavy atom. The molecule has 0 fully saturated rings. The Morgan fingerprint density at radius 3 is 3.06 bits per heavy atom. The molecule has 1 aliphatic heterocycles. The summed E-state index contributed by atoms with van der Waals surface area (Å²) in [6.07, 6.45) is 2.45. The molecule has 0 spiro atoms. The largest absolute Gasteiger partial charge is 0.493 e. The van der Waals surface area contributed by atoms with Crippen LogP contribution in [0.3, 0.4) is 0 Å². The SMILES string of the molecule is Cc1c(Cl)ncnc1-c1ccc2c(c1)CCO2. The van der Waals surface area contributed by atoms with E-state index in [1.165, 1.54) is 11.9 Å². The Labute approximate surface area is 104 Å². The van der Waals surface area contributed by atoms with Crippen LogP contribution in [0.4, 0.5) is 0 Å². The van der Waals surface area contributed by atoms with E-state index in [0.29, 0.717) is 5.15 Å². The monoisotopic (exact) mass is 246 g/mol. The van der Waals surface area contributed by atoms with Gasteiger partial charge in [0.25, 0.3) is 0 Å². The van der Waals surface area contributed by atoms with E-state index in [2.05, 4.69) is 16.0 Å². The fourth-order valence-corrected chi connectivity index (χ4v) is 2.19. The van der Waals surface area contributed by atoms with Crippen molar-refractivity contribution in [2.24, 2.45) is 0 Å². The first kappa shape index (κ1) is 10.5. The second kappa shape index (κ2) is 4.00. The minimum atomic E-state index is 0.506. The van der Waals surface area contributed by atoms with E-state index in [1.54, 1.807) is 0 Å². The first-order chi connectivity index (χ1) is 8.25. The Bertz CT molecular complexity index is 584. The van der Waals surface area contributed by atoms with Crippen LogP contribution < -0.4 is 4.74 Å². The van der Waals surface area contributed by atoms with Crippen LogP contribution in [-0.2, 0) is 6.42 Å². The number of halogens is 1. The molecule has 0 saturated carbocycles. The zero-order valence-electron chi connectivity index (χ0n) is 9.40. The van der Waals surface area contributed by atoms with E-state index in [4.69, 9.17) is 16.3 Å². The van der Waals surface area contributed by atoms with Gasteiger partial charge in [-0.25, -0.2) is 9.97 Å². The Hall–Kier alpha value is -1.61. The van der Waals surface area contributed by atoms with Gasteiger partial charge in [-0.3, -0.25) is 0 Å².